The van der Waals surface area contributed by atoms with Gasteiger partial charge in [-0.15, -0.1) is 0 Å². The van der Waals surface area contributed by atoms with Crippen molar-refractivity contribution in [2.24, 2.45) is 0 Å². The van der Waals surface area contributed by atoms with Gasteiger partial charge in [-0.25, -0.2) is 29.9 Å². The van der Waals surface area contributed by atoms with Crippen LogP contribution in [0.1, 0.15) is 28.3 Å². The Hall–Kier alpha value is -12.3. The molecule has 0 atom stereocenters. The van der Waals surface area contributed by atoms with Crippen LogP contribution in [0.15, 0.2) is 256 Å². The number of hydrogen-bond donors (Lipinski definition) is 0. The number of halogens is 13. The highest BCUT2D eigenvalue weighted by Crippen LogP contribution is 2.36. The van der Waals surface area contributed by atoms with Gasteiger partial charge in [-0.3, -0.25) is 41.8 Å². The molecule has 0 amide bonds. The van der Waals surface area contributed by atoms with Gasteiger partial charge in [0.15, 0.2) is 38.2 Å². The molecule has 30 heteroatoms. The standard InChI is InChI=1S/2C25H13ClF3N5O.C24H13BrClF3N4O/c2*26-17-10-12-19(13-11-17)34-22(15-6-8-16(9-7-15)25(27,28)29)32-23-21(24(34)35)31-20(14-30)33(23)18-4-2-1-3-5-18;25-23-30-19-21(33(23)17-4-2-1-3-5-17)31-20(14-6-8-15(9-7-14)24(27,28)29)32(22(19)34)18-12-10-16(26)11-13-18/h2*1-13H;1-13H. The lowest BCUT2D eigenvalue weighted by atomic mass is 10.1. The molecule has 0 unspecified atom stereocenters. The largest absolute Gasteiger partial charge is 0.416 e. The summed E-state index contributed by atoms with van der Waals surface area (Å²) in [5.41, 5.74) is 0.283. The van der Waals surface area contributed by atoms with Crippen LogP contribution in [0.4, 0.5) is 39.5 Å². The van der Waals surface area contributed by atoms with E-state index in [1.54, 1.807) is 138 Å². The molecule has 0 saturated carbocycles. The molecule has 9 aromatic carbocycles. The van der Waals surface area contributed by atoms with E-state index in [2.05, 4.69) is 40.8 Å². The fraction of sp³-hybridized carbons (Fsp3) is 0.0405. The first kappa shape index (κ1) is 70.2. The molecule has 6 heterocycles. The maximum atomic E-state index is 13.7. The molecule has 0 aliphatic rings. The second-order valence-electron chi connectivity index (χ2n) is 22.4. The van der Waals surface area contributed by atoms with E-state index in [9.17, 15) is 64.4 Å². The van der Waals surface area contributed by atoms with Crippen LogP contribution in [0.25, 0.3) is 102 Å². The summed E-state index contributed by atoms with van der Waals surface area (Å²) in [7, 11) is 0. The average molecular weight is 1530 g/mol. The second-order valence-corrected chi connectivity index (χ2v) is 24.4. The van der Waals surface area contributed by atoms with Crippen molar-refractivity contribution in [1.82, 2.24) is 57.3 Å². The van der Waals surface area contributed by atoms with E-state index in [1.807, 2.05) is 42.5 Å². The highest BCUT2D eigenvalue weighted by atomic mass is 79.9. The van der Waals surface area contributed by atoms with Gasteiger partial charge in [-0.05, 0) is 162 Å². The Balaban J connectivity index is 0.000000139. The van der Waals surface area contributed by atoms with E-state index in [-0.39, 0.29) is 73.7 Å². The van der Waals surface area contributed by atoms with E-state index in [0.29, 0.717) is 59.5 Å². The van der Waals surface area contributed by atoms with Crippen molar-refractivity contribution in [3.63, 3.8) is 0 Å². The van der Waals surface area contributed by atoms with Gasteiger partial charge >= 0.3 is 18.5 Å². The molecular weight excluding hydrogens is 1490 g/mol. The van der Waals surface area contributed by atoms with Gasteiger partial charge < -0.3 is 0 Å². The lowest BCUT2D eigenvalue weighted by molar-refractivity contribution is -0.138. The lowest BCUT2D eigenvalue weighted by Gasteiger charge is -2.14. The van der Waals surface area contributed by atoms with Gasteiger partial charge in [0, 0.05) is 48.8 Å². The number of nitriles is 2. The SMILES string of the molecule is N#Cc1nc2c(=O)n(-c3ccc(Cl)cc3)c(-c3ccc(C(F)(F)F)cc3)nc2n1-c1ccccc1.N#Cc1nc2c(=O)n(-c3ccc(Cl)cc3)c(-c3ccc(C(F)(F)F)cc3)nc2n1-c1ccccc1.O=c1c2nc(Br)n(-c3ccccc3)c2nc(-c2ccc(C(F)(F)F)cc2)n1-c1ccc(Cl)cc1. The molecule has 0 aliphatic heterocycles. The predicted molar refractivity (Wildman–Crippen MR) is 377 cm³/mol. The maximum Gasteiger partial charge on any atom is 0.416 e. The molecule has 104 heavy (non-hydrogen) atoms. The van der Waals surface area contributed by atoms with Crippen molar-refractivity contribution in [2.45, 2.75) is 18.5 Å². The van der Waals surface area contributed by atoms with Crippen molar-refractivity contribution < 1.29 is 39.5 Å². The molecule has 0 spiro atoms. The van der Waals surface area contributed by atoms with Crippen molar-refractivity contribution >= 4 is 84.2 Å². The normalized spacial score (nSPS) is 11.6. The summed E-state index contributed by atoms with van der Waals surface area (Å²) < 4.78 is 127. The number of aromatic nitrogens is 12. The Morgan fingerprint density at radius 1 is 0.308 bits per heavy atom. The van der Waals surface area contributed by atoms with Crippen molar-refractivity contribution in [3.8, 4) is 80.4 Å². The zero-order chi connectivity index (χ0) is 73.5. The van der Waals surface area contributed by atoms with Gasteiger partial charge in [-0.2, -0.15) is 50.0 Å². The summed E-state index contributed by atoms with van der Waals surface area (Å²) in [6.07, 6.45) is -13.5. The quantitative estimate of drug-likeness (QED) is 0.0981. The van der Waals surface area contributed by atoms with Gasteiger partial charge in [0.2, 0.25) is 11.6 Å². The Labute approximate surface area is 602 Å². The third-order valence-electron chi connectivity index (χ3n) is 15.9. The summed E-state index contributed by atoms with van der Waals surface area (Å²) in [6, 6.07) is 63.0. The molecule has 6 aromatic heterocycles. The number of rotatable bonds is 9. The van der Waals surface area contributed by atoms with Crippen molar-refractivity contribution in [1.29, 1.82) is 10.5 Å². The minimum Gasteiger partial charge on any atom is -0.271 e. The molecular formula is C74H39BrCl3F9N14O3. The number of alkyl halides is 9. The Morgan fingerprint density at radius 3 is 0.808 bits per heavy atom. The molecule has 0 bridgehead atoms. The predicted octanol–water partition coefficient (Wildman–Crippen LogP) is 18.2. The number of hydrogen-bond acceptors (Lipinski definition) is 11. The summed E-state index contributed by atoms with van der Waals surface area (Å²) in [5.74, 6) is 0.226. The molecule has 0 fully saturated rings. The highest BCUT2D eigenvalue weighted by Gasteiger charge is 2.34. The number of para-hydroxylation sites is 3. The summed E-state index contributed by atoms with van der Waals surface area (Å²) in [5, 5.41) is 20.7. The van der Waals surface area contributed by atoms with Crippen LogP contribution in [0, 0.1) is 22.7 Å². The fourth-order valence-electron chi connectivity index (χ4n) is 11.1. The van der Waals surface area contributed by atoms with Gasteiger partial charge in [-0.1, -0.05) is 126 Å². The molecule has 0 aliphatic carbocycles. The van der Waals surface area contributed by atoms with E-state index in [4.69, 9.17) is 39.8 Å². The monoisotopic (exact) mass is 1530 g/mol. The van der Waals surface area contributed by atoms with Gasteiger partial charge in [0.25, 0.3) is 16.7 Å². The molecule has 15 aromatic rings. The van der Waals surface area contributed by atoms with Crippen LogP contribution in [0.3, 0.4) is 0 Å². The third kappa shape index (κ3) is 13.9. The van der Waals surface area contributed by atoms with Crippen molar-refractivity contribution in [3.05, 3.63) is 316 Å². The summed E-state index contributed by atoms with van der Waals surface area (Å²) >= 11 is 21.4. The number of imidazole rings is 3. The van der Waals surface area contributed by atoms with Crippen LogP contribution in [0.5, 0.6) is 0 Å². The Morgan fingerprint density at radius 2 is 0.548 bits per heavy atom. The van der Waals surface area contributed by atoms with E-state index in [0.717, 1.165) is 36.4 Å². The second kappa shape index (κ2) is 28.3. The number of fused-ring (bicyclic) bond motifs is 3. The van der Waals surface area contributed by atoms with Crippen LogP contribution in [-0.2, 0) is 18.5 Å². The third-order valence-corrected chi connectivity index (χ3v) is 17.2. The lowest BCUT2D eigenvalue weighted by Crippen LogP contribution is -2.22. The number of nitrogens with zero attached hydrogens (tertiary/aromatic N) is 14. The molecule has 0 saturated heterocycles. The van der Waals surface area contributed by atoms with Gasteiger partial charge in [0.05, 0.1) is 33.8 Å². The van der Waals surface area contributed by atoms with E-state index in [1.165, 1.54) is 59.2 Å². The van der Waals surface area contributed by atoms with E-state index >= 15 is 0 Å². The van der Waals surface area contributed by atoms with Crippen LogP contribution >= 0.6 is 50.7 Å². The van der Waals surface area contributed by atoms with E-state index < -0.39 is 51.9 Å². The maximum absolute atomic E-state index is 13.7. The first-order valence-corrected chi connectivity index (χ1v) is 32.3. The topological polar surface area (TPSA) is 206 Å². The van der Waals surface area contributed by atoms with Crippen LogP contribution in [0.2, 0.25) is 15.1 Å². The van der Waals surface area contributed by atoms with Crippen LogP contribution < -0.4 is 16.7 Å². The zero-order valence-corrected chi connectivity index (χ0v) is 56.3. The molecule has 17 nitrogen and oxygen atoms in total. The first-order chi connectivity index (χ1) is 49.8. The van der Waals surface area contributed by atoms with Crippen molar-refractivity contribution in [2.75, 3.05) is 0 Å². The van der Waals surface area contributed by atoms with Crippen LogP contribution in [-0.4, -0.2) is 57.3 Å². The molecule has 15 rings (SSSR count). The first-order valence-electron chi connectivity index (χ1n) is 30.4. The smallest absolute Gasteiger partial charge is 0.271 e. The zero-order valence-electron chi connectivity index (χ0n) is 52.4. The summed E-state index contributed by atoms with van der Waals surface area (Å²) in [6.45, 7) is 0. The average Bonchev–Trinajstić information content (AvgIpc) is 1.55. The number of benzene rings is 9. The summed E-state index contributed by atoms with van der Waals surface area (Å²) in [4.78, 5) is 67.8. The minimum absolute atomic E-state index is 0.0528. The molecule has 0 N–H and O–H groups in total. The highest BCUT2D eigenvalue weighted by molar-refractivity contribution is 9.10. The molecule has 0 radical (unpaired) electrons. The Bertz CT molecular complexity index is 5790. The Kier molecular flexibility index (Phi) is 19.1. The minimum atomic E-state index is -4.51. The van der Waals surface area contributed by atoms with Gasteiger partial charge in [0.1, 0.15) is 29.6 Å². The fourth-order valence-corrected chi connectivity index (χ4v) is 12.0. The molecule has 514 valence electrons.